The van der Waals surface area contributed by atoms with Gasteiger partial charge in [-0.05, 0) is 54.5 Å². The van der Waals surface area contributed by atoms with Crippen LogP contribution in [0, 0.1) is 0 Å². The summed E-state index contributed by atoms with van der Waals surface area (Å²) in [4.78, 5) is 18.0. The predicted octanol–water partition coefficient (Wildman–Crippen LogP) is 2.54. The van der Waals surface area contributed by atoms with Crippen molar-refractivity contribution in [2.75, 3.05) is 32.7 Å². The predicted molar refractivity (Wildman–Crippen MR) is 91.6 cm³/mol. The number of nitrogens with one attached hydrogen (secondary N) is 1. The third-order valence-electron chi connectivity index (χ3n) is 4.01. The minimum absolute atomic E-state index is 0.232. The number of carbonyl (C=O) groups excluding carboxylic acids is 1. The maximum Gasteiger partial charge on any atom is 0.237 e. The van der Waals surface area contributed by atoms with E-state index in [0.717, 1.165) is 36.4 Å². The van der Waals surface area contributed by atoms with Gasteiger partial charge in [-0.15, -0.1) is 11.3 Å². The summed E-state index contributed by atoms with van der Waals surface area (Å²) in [5.41, 5.74) is 0. The molecule has 1 aliphatic rings. The fraction of sp³-hybridized carbons (Fsp3) is 0.667. The maximum atomic E-state index is 12.6. The van der Waals surface area contributed by atoms with Crippen LogP contribution in [0.1, 0.15) is 25.1 Å². The van der Waals surface area contributed by atoms with Crippen LogP contribution in [0.15, 0.2) is 15.9 Å². The van der Waals surface area contributed by atoms with Gasteiger partial charge in [0.1, 0.15) is 0 Å². The summed E-state index contributed by atoms with van der Waals surface area (Å²) in [6.45, 7) is 9.19. The minimum Gasteiger partial charge on any atom is -0.337 e. The van der Waals surface area contributed by atoms with E-state index in [0.29, 0.717) is 19.1 Å². The van der Waals surface area contributed by atoms with Crippen molar-refractivity contribution in [3.05, 3.63) is 20.8 Å². The number of amides is 1. The second kappa shape index (κ2) is 8.27. The van der Waals surface area contributed by atoms with Gasteiger partial charge in [0.05, 0.1) is 16.9 Å². The van der Waals surface area contributed by atoms with Crippen molar-refractivity contribution in [3.8, 4) is 0 Å². The highest BCUT2D eigenvalue weighted by molar-refractivity contribution is 9.11. The van der Waals surface area contributed by atoms with Crippen molar-refractivity contribution in [2.24, 2.45) is 0 Å². The van der Waals surface area contributed by atoms with E-state index in [9.17, 15) is 4.79 Å². The molecule has 0 bridgehead atoms. The van der Waals surface area contributed by atoms with Gasteiger partial charge < -0.3 is 10.2 Å². The van der Waals surface area contributed by atoms with Crippen molar-refractivity contribution in [1.82, 2.24) is 15.1 Å². The number of nitrogens with zero attached hydrogens (tertiary/aromatic N) is 2. The number of rotatable bonds is 7. The SMILES string of the molecule is CCN(Cc1ccc(Br)s1)C(=O)CN(CC)C1CCNC1. The summed E-state index contributed by atoms with van der Waals surface area (Å²) >= 11 is 5.18. The molecule has 0 spiro atoms. The van der Waals surface area contributed by atoms with Crippen LogP contribution in [-0.2, 0) is 11.3 Å². The lowest BCUT2D eigenvalue weighted by molar-refractivity contribution is -0.133. The molecule has 0 radical (unpaired) electrons. The molecule has 1 aliphatic heterocycles. The van der Waals surface area contributed by atoms with Crippen LogP contribution in [0.2, 0.25) is 0 Å². The van der Waals surface area contributed by atoms with Gasteiger partial charge in [0.15, 0.2) is 0 Å². The molecule has 0 saturated carbocycles. The number of hydrogen-bond acceptors (Lipinski definition) is 4. The molecule has 4 nitrogen and oxygen atoms in total. The second-order valence-corrected chi connectivity index (χ2v) is 7.87. The standard InChI is InChI=1S/C15H24BrN3OS/c1-3-18(12-7-8-17-9-12)11-15(20)19(4-2)10-13-5-6-14(16)21-13/h5-6,12,17H,3-4,7-11H2,1-2H3. The minimum atomic E-state index is 0.232. The lowest BCUT2D eigenvalue weighted by atomic mass is 10.2. The first-order valence-corrected chi connectivity index (χ1v) is 9.21. The van der Waals surface area contributed by atoms with Crippen LogP contribution in [0.3, 0.4) is 0 Å². The molecule has 1 aromatic heterocycles. The molecule has 1 fully saturated rings. The molecule has 1 unspecified atom stereocenters. The van der Waals surface area contributed by atoms with Crippen LogP contribution in [-0.4, -0.2) is 54.5 Å². The van der Waals surface area contributed by atoms with Crippen LogP contribution in [0.5, 0.6) is 0 Å². The Hall–Kier alpha value is -0.430. The van der Waals surface area contributed by atoms with E-state index in [2.05, 4.69) is 39.1 Å². The smallest absolute Gasteiger partial charge is 0.237 e. The van der Waals surface area contributed by atoms with E-state index in [1.54, 1.807) is 11.3 Å². The zero-order valence-corrected chi connectivity index (χ0v) is 15.2. The molecule has 1 saturated heterocycles. The maximum absolute atomic E-state index is 12.6. The average molecular weight is 374 g/mol. The van der Waals surface area contributed by atoms with Crippen LogP contribution in [0.25, 0.3) is 0 Å². The highest BCUT2D eigenvalue weighted by Crippen LogP contribution is 2.23. The van der Waals surface area contributed by atoms with Crippen molar-refractivity contribution >= 4 is 33.2 Å². The summed E-state index contributed by atoms with van der Waals surface area (Å²) in [5, 5.41) is 3.38. The molecule has 0 aliphatic carbocycles. The molecule has 118 valence electrons. The molecule has 1 atom stereocenters. The van der Waals surface area contributed by atoms with Gasteiger partial charge in [-0.2, -0.15) is 0 Å². The lowest BCUT2D eigenvalue weighted by Crippen LogP contribution is -2.45. The summed E-state index contributed by atoms with van der Waals surface area (Å²) in [7, 11) is 0. The molecule has 6 heteroatoms. The third kappa shape index (κ3) is 4.77. The molecule has 1 aromatic rings. The molecular formula is C15H24BrN3OS. The zero-order chi connectivity index (χ0) is 15.2. The Labute approximate surface area is 139 Å². The molecule has 0 aromatic carbocycles. The van der Waals surface area contributed by atoms with Crippen LogP contribution < -0.4 is 5.32 Å². The number of thiophene rings is 1. The summed E-state index contributed by atoms with van der Waals surface area (Å²) in [6.07, 6.45) is 1.14. The zero-order valence-electron chi connectivity index (χ0n) is 12.8. The van der Waals surface area contributed by atoms with Crippen LogP contribution in [0.4, 0.5) is 0 Å². The van der Waals surface area contributed by atoms with E-state index in [1.165, 1.54) is 4.88 Å². The van der Waals surface area contributed by atoms with Gasteiger partial charge in [0.25, 0.3) is 0 Å². The molecule has 1 amide bonds. The van der Waals surface area contributed by atoms with E-state index in [1.807, 2.05) is 17.9 Å². The van der Waals surface area contributed by atoms with Crippen molar-refractivity contribution in [1.29, 1.82) is 0 Å². The highest BCUT2D eigenvalue weighted by Gasteiger charge is 2.24. The number of hydrogen-bond donors (Lipinski definition) is 1. The van der Waals surface area contributed by atoms with Gasteiger partial charge in [-0.3, -0.25) is 9.69 Å². The fourth-order valence-corrected chi connectivity index (χ4v) is 4.22. The number of likely N-dealkylation sites (N-methyl/N-ethyl adjacent to an activating group) is 2. The van der Waals surface area contributed by atoms with E-state index >= 15 is 0 Å². The van der Waals surface area contributed by atoms with Crippen molar-refractivity contribution in [3.63, 3.8) is 0 Å². The van der Waals surface area contributed by atoms with Gasteiger partial charge in [0, 0.05) is 24.0 Å². The normalized spacial score (nSPS) is 18.4. The number of halogens is 1. The Morgan fingerprint density at radius 1 is 1.43 bits per heavy atom. The second-order valence-electron chi connectivity index (χ2n) is 5.32. The summed E-state index contributed by atoms with van der Waals surface area (Å²) in [5.74, 6) is 0.232. The van der Waals surface area contributed by atoms with Crippen molar-refractivity contribution in [2.45, 2.75) is 32.9 Å². The fourth-order valence-electron chi connectivity index (χ4n) is 2.73. The molecule has 2 heterocycles. The summed E-state index contributed by atoms with van der Waals surface area (Å²) < 4.78 is 1.12. The summed E-state index contributed by atoms with van der Waals surface area (Å²) in [6, 6.07) is 4.64. The highest BCUT2D eigenvalue weighted by atomic mass is 79.9. The van der Waals surface area contributed by atoms with Crippen molar-refractivity contribution < 1.29 is 4.79 Å². The first-order valence-electron chi connectivity index (χ1n) is 7.60. The molecular weight excluding hydrogens is 350 g/mol. The van der Waals surface area contributed by atoms with E-state index < -0.39 is 0 Å². The Morgan fingerprint density at radius 3 is 2.76 bits per heavy atom. The Kier molecular flexibility index (Phi) is 6.67. The molecule has 1 N–H and O–H groups in total. The Bertz CT molecular complexity index is 460. The van der Waals surface area contributed by atoms with Gasteiger partial charge >= 0.3 is 0 Å². The van der Waals surface area contributed by atoms with Gasteiger partial charge in [-0.25, -0.2) is 0 Å². The third-order valence-corrected chi connectivity index (χ3v) is 5.61. The average Bonchev–Trinajstić information content (AvgIpc) is 3.13. The van der Waals surface area contributed by atoms with E-state index in [4.69, 9.17) is 0 Å². The largest absolute Gasteiger partial charge is 0.337 e. The monoisotopic (exact) mass is 373 g/mol. The van der Waals surface area contributed by atoms with Gasteiger partial charge in [-0.1, -0.05) is 6.92 Å². The first kappa shape index (κ1) is 16.9. The quantitative estimate of drug-likeness (QED) is 0.797. The van der Waals surface area contributed by atoms with Crippen LogP contribution >= 0.6 is 27.3 Å². The Morgan fingerprint density at radius 2 is 2.24 bits per heavy atom. The van der Waals surface area contributed by atoms with E-state index in [-0.39, 0.29) is 5.91 Å². The first-order chi connectivity index (χ1) is 10.1. The topological polar surface area (TPSA) is 35.6 Å². The lowest BCUT2D eigenvalue weighted by Gasteiger charge is -2.29. The number of carbonyl (C=O) groups is 1. The molecule has 2 rings (SSSR count). The Balaban J connectivity index is 1.92. The molecule has 21 heavy (non-hydrogen) atoms. The van der Waals surface area contributed by atoms with Gasteiger partial charge in [0.2, 0.25) is 5.91 Å².